The summed E-state index contributed by atoms with van der Waals surface area (Å²) < 4.78 is 0. The zero-order chi connectivity index (χ0) is 11.6. The predicted molar refractivity (Wildman–Crippen MR) is 62.8 cm³/mol. The molecule has 0 saturated heterocycles. The van der Waals surface area contributed by atoms with E-state index in [1.165, 1.54) is 6.42 Å². The number of urea groups is 1. The topological polar surface area (TPSA) is 32.3 Å². The van der Waals surface area contributed by atoms with Gasteiger partial charge in [0.15, 0.2) is 0 Å². The monoisotopic (exact) mass is 212 g/mol. The zero-order valence-corrected chi connectivity index (χ0v) is 10.6. The van der Waals surface area contributed by atoms with E-state index >= 15 is 0 Å². The molecule has 0 bridgehead atoms. The Morgan fingerprint density at radius 2 is 1.93 bits per heavy atom. The summed E-state index contributed by atoms with van der Waals surface area (Å²) in [6.45, 7) is 6.85. The summed E-state index contributed by atoms with van der Waals surface area (Å²) in [5.74, 6) is 0.709. The van der Waals surface area contributed by atoms with Gasteiger partial charge in [-0.3, -0.25) is 0 Å². The zero-order valence-electron chi connectivity index (χ0n) is 10.6. The van der Waals surface area contributed by atoms with E-state index in [9.17, 15) is 4.79 Å². The molecule has 88 valence electrons. The highest BCUT2D eigenvalue weighted by Gasteiger charge is 2.32. The molecule has 0 aromatic heterocycles. The number of hydrogen-bond acceptors (Lipinski definition) is 1. The van der Waals surface area contributed by atoms with Crippen LogP contribution in [-0.4, -0.2) is 31.1 Å². The molecule has 1 fully saturated rings. The lowest BCUT2D eigenvalue weighted by Gasteiger charge is -2.39. The van der Waals surface area contributed by atoms with Crippen molar-refractivity contribution in [3.05, 3.63) is 0 Å². The number of nitrogens with one attached hydrogen (secondary N) is 1. The van der Waals surface area contributed by atoms with Crippen LogP contribution in [0.25, 0.3) is 0 Å². The van der Waals surface area contributed by atoms with Crippen molar-refractivity contribution in [1.82, 2.24) is 10.2 Å². The van der Waals surface area contributed by atoms with Crippen molar-refractivity contribution in [3.8, 4) is 0 Å². The summed E-state index contributed by atoms with van der Waals surface area (Å²) in [4.78, 5) is 13.1. The highest BCUT2D eigenvalue weighted by atomic mass is 16.2. The molecule has 2 amide bonds. The summed E-state index contributed by atoms with van der Waals surface area (Å²) in [6.07, 6.45) is 3.47. The van der Waals surface area contributed by atoms with Crippen LogP contribution in [0.5, 0.6) is 0 Å². The summed E-state index contributed by atoms with van der Waals surface area (Å²) in [6, 6.07) is 0.378. The van der Waals surface area contributed by atoms with Gasteiger partial charge in [-0.1, -0.05) is 20.8 Å². The van der Waals surface area contributed by atoms with Gasteiger partial charge in [-0.25, -0.2) is 4.79 Å². The van der Waals surface area contributed by atoms with Crippen LogP contribution in [0, 0.1) is 11.3 Å². The van der Waals surface area contributed by atoms with E-state index in [4.69, 9.17) is 0 Å². The third kappa shape index (κ3) is 3.73. The van der Waals surface area contributed by atoms with E-state index in [1.807, 2.05) is 0 Å². The lowest BCUT2D eigenvalue weighted by atomic mass is 9.70. The second-order valence-electron chi connectivity index (χ2n) is 5.95. The molecule has 2 unspecified atom stereocenters. The summed E-state index contributed by atoms with van der Waals surface area (Å²) in [7, 11) is 3.57. The summed E-state index contributed by atoms with van der Waals surface area (Å²) in [5, 5.41) is 3.09. The number of nitrogens with zero attached hydrogens (tertiary/aromatic N) is 1. The largest absolute Gasteiger partial charge is 0.335 e. The molecular formula is C12H24N2O. The smallest absolute Gasteiger partial charge is 0.317 e. The second-order valence-corrected chi connectivity index (χ2v) is 5.95. The first-order valence-electron chi connectivity index (χ1n) is 5.78. The molecule has 2 atom stereocenters. The van der Waals surface area contributed by atoms with Gasteiger partial charge in [-0.2, -0.15) is 0 Å². The van der Waals surface area contributed by atoms with Crippen molar-refractivity contribution in [2.75, 3.05) is 14.1 Å². The van der Waals surface area contributed by atoms with Crippen molar-refractivity contribution in [2.45, 2.75) is 46.1 Å². The van der Waals surface area contributed by atoms with Gasteiger partial charge >= 0.3 is 6.03 Å². The molecule has 1 rings (SSSR count). The van der Waals surface area contributed by atoms with E-state index in [-0.39, 0.29) is 6.03 Å². The summed E-state index contributed by atoms with van der Waals surface area (Å²) in [5.41, 5.74) is 0.363. The van der Waals surface area contributed by atoms with E-state index in [1.54, 1.807) is 19.0 Å². The van der Waals surface area contributed by atoms with Crippen molar-refractivity contribution in [3.63, 3.8) is 0 Å². The molecule has 0 radical (unpaired) electrons. The molecule has 0 aromatic carbocycles. The van der Waals surface area contributed by atoms with Crippen LogP contribution in [0.4, 0.5) is 4.79 Å². The minimum atomic E-state index is 0.0323. The van der Waals surface area contributed by atoms with Crippen molar-refractivity contribution in [1.29, 1.82) is 0 Å². The molecule has 0 aromatic rings. The van der Waals surface area contributed by atoms with Crippen LogP contribution in [0.2, 0.25) is 0 Å². The number of amides is 2. The molecule has 1 aliphatic carbocycles. The minimum absolute atomic E-state index is 0.0323. The fraction of sp³-hybridized carbons (Fsp3) is 0.917. The van der Waals surface area contributed by atoms with Crippen molar-refractivity contribution >= 4 is 6.03 Å². The molecular weight excluding hydrogens is 188 g/mol. The first-order valence-corrected chi connectivity index (χ1v) is 5.78. The lowest BCUT2D eigenvalue weighted by molar-refractivity contribution is 0.147. The second kappa shape index (κ2) is 4.42. The highest BCUT2D eigenvalue weighted by Crippen LogP contribution is 2.38. The molecule has 1 saturated carbocycles. The number of carbonyl (C=O) groups excluding carboxylic acids is 1. The van der Waals surface area contributed by atoms with Gasteiger partial charge in [0.05, 0.1) is 0 Å². The maximum absolute atomic E-state index is 11.5. The first kappa shape index (κ1) is 12.3. The highest BCUT2D eigenvalue weighted by molar-refractivity contribution is 5.73. The average Bonchev–Trinajstić information content (AvgIpc) is 1.99. The number of hydrogen-bond donors (Lipinski definition) is 1. The number of carbonyl (C=O) groups is 1. The predicted octanol–water partition coefficient (Wildman–Crippen LogP) is 2.47. The van der Waals surface area contributed by atoms with Crippen LogP contribution < -0.4 is 5.32 Å². The van der Waals surface area contributed by atoms with Crippen LogP contribution >= 0.6 is 0 Å². The molecule has 0 spiro atoms. The molecule has 15 heavy (non-hydrogen) atoms. The Balaban J connectivity index is 2.52. The maximum atomic E-state index is 11.5. The Hall–Kier alpha value is -0.730. The Morgan fingerprint density at radius 1 is 1.33 bits per heavy atom. The standard InChI is InChI=1S/C12H24N2O/c1-9-6-10(8-12(2,3)7-9)13-11(15)14(4)5/h9-10H,6-8H2,1-5H3,(H,13,15). The maximum Gasteiger partial charge on any atom is 0.317 e. The van der Waals surface area contributed by atoms with E-state index in [2.05, 4.69) is 26.1 Å². The fourth-order valence-corrected chi connectivity index (χ4v) is 2.76. The fourth-order valence-electron chi connectivity index (χ4n) is 2.76. The van der Waals surface area contributed by atoms with Crippen molar-refractivity contribution in [2.24, 2.45) is 11.3 Å². The third-order valence-electron chi connectivity index (χ3n) is 3.12. The van der Waals surface area contributed by atoms with E-state index in [0.717, 1.165) is 12.8 Å². The van der Waals surface area contributed by atoms with Crippen LogP contribution in [-0.2, 0) is 0 Å². The van der Waals surface area contributed by atoms with Gasteiger partial charge in [0, 0.05) is 20.1 Å². The molecule has 1 aliphatic rings. The Morgan fingerprint density at radius 3 is 2.40 bits per heavy atom. The van der Waals surface area contributed by atoms with E-state index in [0.29, 0.717) is 17.4 Å². The Labute approximate surface area is 93.2 Å². The SMILES string of the molecule is CC1CC(NC(=O)N(C)C)CC(C)(C)C1. The molecule has 0 aliphatic heterocycles. The normalized spacial score (nSPS) is 29.7. The van der Waals surface area contributed by atoms with Crippen LogP contribution in [0.1, 0.15) is 40.0 Å². The average molecular weight is 212 g/mol. The first-order chi connectivity index (χ1) is 6.80. The number of rotatable bonds is 1. The Kier molecular flexibility index (Phi) is 3.63. The van der Waals surface area contributed by atoms with Crippen LogP contribution in [0.15, 0.2) is 0 Å². The minimum Gasteiger partial charge on any atom is -0.335 e. The van der Waals surface area contributed by atoms with Gasteiger partial charge in [0.25, 0.3) is 0 Å². The van der Waals surface area contributed by atoms with Gasteiger partial charge < -0.3 is 10.2 Å². The van der Waals surface area contributed by atoms with Gasteiger partial charge in [-0.15, -0.1) is 0 Å². The van der Waals surface area contributed by atoms with Crippen LogP contribution in [0.3, 0.4) is 0 Å². The lowest BCUT2D eigenvalue weighted by Crippen LogP contribution is -2.46. The molecule has 3 nitrogen and oxygen atoms in total. The van der Waals surface area contributed by atoms with Gasteiger partial charge in [-0.05, 0) is 30.6 Å². The van der Waals surface area contributed by atoms with Gasteiger partial charge in [0.1, 0.15) is 0 Å². The van der Waals surface area contributed by atoms with E-state index < -0.39 is 0 Å². The molecule has 0 heterocycles. The van der Waals surface area contributed by atoms with Crippen molar-refractivity contribution < 1.29 is 4.79 Å². The third-order valence-corrected chi connectivity index (χ3v) is 3.12. The summed E-state index contributed by atoms with van der Waals surface area (Å²) >= 11 is 0. The Bertz CT molecular complexity index is 236. The molecule has 3 heteroatoms. The van der Waals surface area contributed by atoms with Gasteiger partial charge in [0.2, 0.25) is 0 Å². The molecule has 1 N–H and O–H groups in total. The quantitative estimate of drug-likeness (QED) is 0.711.